The van der Waals surface area contributed by atoms with Crippen molar-refractivity contribution in [3.8, 4) is 0 Å². The van der Waals surface area contributed by atoms with Crippen LogP contribution in [0.2, 0.25) is 0 Å². The van der Waals surface area contributed by atoms with Crippen LogP contribution < -0.4 is 0 Å². The van der Waals surface area contributed by atoms with E-state index >= 15 is 0 Å². The van der Waals surface area contributed by atoms with Crippen molar-refractivity contribution in [3.05, 3.63) is 0 Å². The summed E-state index contributed by atoms with van der Waals surface area (Å²) in [6, 6.07) is 0. The van der Waals surface area contributed by atoms with Gasteiger partial charge in [0.1, 0.15) is 6.10 Å². The van der Waals surface area contributed by atoms with Crippen LogP contribution in [0.5, 0.6) is 0 Å². The van der Waals surface area contributed by atoms with Crippen LogP contribution in [0, 0.1) is 0 Å². The van der Waals surface area contributed by atoms with Gasteiger partial charge in [-0.2, -0.15) is 0 Å². The second kappa shape index (κ2) is 2.96. The normalized spacial score (nSPS) is 48.5. The van der Waals surface area contributed by atoms with Gasteiger partial charge in [0.25, 0.3) is 0 Å². The van der Waals surface area contributed by atoms with Crippen molar-refractivity contribution in [2.45, 2.75) is 37.9 Å². The smallest absolute Gasteiger partial charge is 0.166 e. The molecule has 0 spiro atoms. The van der Waals surface area contributed by atoms with E-state index in [0.29, 0.717) is 26.1 Å². The first-order valence-electron chi connectivity index (χ1n) is 4.29. The van der Waals surface area contributed by atoms with Crippen molar-refractivity contribution in [2.75, 3.05) is 13.2 Å². The lowest BCUT2D eigenvalue weighted by atomic mass is 10.1. The second-order valence-corrected chi connectivity index (χ2v) is 3.51. The van der Waals surface area contributed by atoms with Crippen LogP contribution in [-0.2, 0) is 14.2 Å². The fourth-order valence-electron chi connectivity index (χ4n) is 1.59. The Morgan fingerprint density at radius 2 is 2.25 bits per heavy atom. The minimum Gasteiger partial charge on any atom is -0.368 e. The van der Waals surface area contributed by atoms with Gasteiger partial charge in [0.15, 0.2) is 12.1 Å². The third-order valence-corrected chi connectivity index (χ3v) is 2.31. The van der Waals surface area contributed by atoms with Crippen LogP contribution in [0.1, 0.15) is 19.8 Å². The highest BCUT2D eigenvalue weighted by Gasteiger charge is 2.39. The number of fused-ring (bicyclic) bond motifs is 2. The lowest BCUT2D eigenvalue weighted by Gasteiger charge is -2.27. The quantitative estimate of drug-likeness (QED) is 0.571. The van der Waals surface area contributed by atoms with Gasteiger partial charge in [-0.05, 0) is 6.92 Å². The molecule has 0 aromatic heterocycles. The summed E-state index contributed by atoms with van der Waals surface area (Å²) in [4.78, 5) is 0. The molecule has 2 aliphatic rings. The molecule has 2 rings (SSSR count). The standard InChI is InChI=1S/C8H14O4/c1-8-3-2-7(9)10-4-6(12-8)5-11-8/h6-7,9H,2-5H2,1H3/t6?,7?,8-/m1/s1. The number of aliphatic hydroxyl groups is 1. The summed E-state index contributed by atoms with van der Waals surface area (Å²) in [6.45, 7) is 2.91. The molecule has 2 aliphatic heterocycles. The minimum atomic E-state index is -0.655. The topological polar surface area (TPSA) is 47.9 Å². The van der Waals surface area contributed by atoms with Crippen LogP contribution in [0.25, 0.3) is 0 Å². The summed E-state index contributed by atoms with van der Waals surface area (Å²) >= 11 is 0. The van der Waals surface area contributed by atoms with Crippen molar-refractivity contribution in [3.63, 3.8) is 0 Å². The van der Waals surface area contributed by atoms with E-state index < -0.39 is 12.1 Å². The summed E-state index contributed by atoms with van der Waals surface area (Å²) in [6.07, 6.45) is 0.593. The summed E-state index contributed by atoms with van der Waals surface area (Å²) in [5.41, 5.74) is 0. The van der Waals surface area contributed by atoms with Crippen LogP contribution in [0.4, 0.5) is 0 Å². The third-order valence-electron chi connectivity index (χ3n) is 2.31. The zero-order chi connectivity index (χ0) is 8.60. The Bertz CT molecular complexity index is 172. The summed E-state index contributed by atoms with van der Waals surface area (Å²) < 4.78 is 16.1. The van der Waals surface area contributed by atoms with Gasteiger partial charge in [-0.15, -0.1) is 0 Å². The van der Waals surface area contributed by atoms with E-state index in [1.54, 1.807) is 0 Å². The predicted octanol–water partition coefficient (Wildman–Crippen LogP) is 0.247. The van der Waals surface area contributed by atoms with Crippen molar-refractivity contribution in [1.82, 2.24) is 0 Å². The Labute approximate surface area is 71.4 Å². The highest BCUT2D eigenvalue weighted by Crippen LogP contribution is 2.30. The van der Waals surface area contributed by atoms with Crippen LogP contribution in [-0.4, -0.2) is 36.5 Å². The largest absolute Gasteiger partial charge is 0.368 e. The fourth-order valence-corrected chi connectivity index (χ4v) is 1.59. The molecule has 12 heavy (non-hydrogen) atoms. The van der Waals surface area contributed by atoms with Gasteiger partial charge in [-0.1, -0.05) is 0 Å². The minimum absolute atomic E-state index is 0.00931. The summed E-state index contributed by atoms with van der Waals surface area (Å²) in [5.74, 6) is -0.491. The molecule has 3 atom stereocenters. The van der Waals surface area contributed by atoms with Crippen LogP contribution in [0.3, 0.4) is 0 Å². The molecule has 0 aromatic carbocycles. The van der Waals surface area contributed by atoms with Gasteiger partial charge >= 0.3 is 0 Å². The van der Waals surface area contributed by atoms with E-state index in [0.717, 1.165) is 0 Å². The third kappa shape index (κ3) is 1.61. The molecule has 4 heteroatoms. The Balaban J connectivity index is 2.02. The molecule has 0 saturated carbocycles. The maximum absolute atomic E-state index is 9.26. The molecular weight excluding hydrogens is 160 g/mol. The van der Waals surface area contributed by atoms with Crippen molar-refractivity contribution >= 4 is 0 Å². The molecule has 1 N–H and O–H groups in total. The number of rotatable bonds is 0. The van der Waals surface area contributed by atoms with Crippen molar-refractivity contribution < 1.29 is 19.3 Å². The first-order valence-corrected chi connectivity index (χ1v) is 4.29. The van der Waals surface area contributed by atoms with E-state index in [-0.39, 0.29) is 6.10 Å². The van der Waals surface area contributed by atoms with Crippen LogP contribution >= 0.6 is 0 Å². The SMILES string of the molecule is C[C@@]12CCC(O)OCC(CO1)O2. The Morgan fingerprint density at radius 3 is 3.08 bits per heavy atom. The molecule has 2 unspecified atom stereocenters. The predicted molar refractivity (Wildman–Crippen MR) is 40.4 cm³/mol. The van der Waals surface area contributed by atoms with Gasteiger partial charge < -0.3 is 19.3 Å². The van der Waals surface area contributed by atoms with E-state index in [1.807, 2.05) is 6.92 Å². The Kier molecular flexibility index (Phi) is 2.08. The molecule has 2 fully saturated rings. The molecule has 0 radical (unpaired) electrons. The number of ether oxygens (including phenoxy) is 3. The Hall–Kier alpha value is -0.160. The zero-order valence-electron chi connectivity index (χ0n) is 7.16. The van der Waals surface area contributed by atoms with E-state index in [9.17, 15) is 5.11 Å². The zero-order valence-corrected chi connectivity index (χ0v) is 7.16. The summed E-state index contributed by atoms with van der Waals surface area (Å²) in [7, 11) is 0. The Morgan fingerprint density at radius 1 is 1.42 bits per heavy atom. The van der Waals surface area contributed by atoms with Gasteiger partial charge in [0.2, 0.25) is 0 Å². The highest BCUT2D eigenvalue weighted by atomic mass is 16.8. The second-order valence-electron chi connectivity index (χ2n) is 3.51. The summed E-state index contributed by atoms with van der Waals surface area (Å²) in [5, 5.41) is 9.26. The molecule has 0 aromatic rings. The molecule has 2 bridgehead atoms. The molecule has 70 valence electrons. The van der Waals surface area contributed by atoms with Gasteiger partial charge in [-0.25, -0.2) is 0 Å². The first kappa shape index (κ1) is 8.44. The fraction of sp³-hybridized carbons (Fsp3) is 1.00. The average molecular weight is 174 g/mol. The first-order chi connectivity index (χ1) is 5.68. The molecule has 2 saturated heterocycles. The van der Waals surface area contributed by atoms with Crippen LogP contribution in [0.15, 0.2) is 0 Å². The number of hydrogen-bond donors (Lipinski definition) is 1. The van der Waals surface area contributed by atoms with Gasteiger partial charge in [0, 0.05) is 12.8 Å². The molecular formula is C8H14O4. The molecule has 0 amide bonds. The highest BCUT2D eigenvalue weighted by molar-refractivity contribution is 4.77. The van der Waals surface area contributed by atoms with Crippen molar-refractivity contribution in [1.29, 1.82) is 0 Å². The van der Waals surface area contributed by atoms with Gasteiger partial charge in [0.05, 0.1) is 13.2 Å². The molecule has 0 aliphatic carbocycles. The van der Waals surface area contributed by atoms with Gasteiger partial charge in [-0.3, -0.25) is 0 Å². The molecule has 4 nitrogen and oxygen atoms in total. The number of hydrogen-bond acceptors (Lipinski definition) is 4. The monoisotopic (exact) mass is 174 g/mol. The maximum atomic E-state index is 9.26. The molecule has 2 heterocycles. The van der Waals surface area contributed by atoms with E-state index in [1.165, 1.54) is 0 Å². The van der Waals surface area contributed by atoms with E-state index in [4.69, 9.17) is 14.2 Å². The maximum Gasteiger partial charge on any atom is 0.166 e. The lowest BCUT2D eigenvalue weighted by Crippen LogP contribution is -2.33. The lowest BCUT2D eigenvalue weighted by molar-refractivity contribution is -0.209. The van der Waals surface area contributed by atoms with E-state index in [2.05, 4.69) is 0 Å². The number of aliphatic hydroxyl groups excluding tert-OH is 1. The average Bonchev–Trinajstić information content (AvgIpc) is 2.41. The van der Waals surface area contributed by atoms with Crippen molar-refractivity contribution in [2.24, 2.45) is 0 Å².